The number of nitrogens with one attached hydrogen (secondary N) is 1. The van der Waals surface area contributed by atoms with Crippen molar-refractivity contribution in [1.82, 2.24) is 15.0 Å². The summed E-state index contributed by atoms with van der Waals surface area (Å²) in [5, 5.41) is 6.51. The Morgan fingerprint density at radius 3 is 2.80 bits per heavy atom. The first kappa shape index (κ1) is 20.3. The Bertz CT molecular complexity index is 1130. The largest absolute Gasteiger partial charge is 0.491 e. The molecule has 0 saturated carbocycles. The molecule has 2 heterocycles. The van der Waals surface area contributed by atoms with E-state index in [1.807, 2.05) is 42.6 Å². The van der Waals surface area contributed by atoms with Crippen molar-refractivity contribution >= 4 is 45.3 Å². The van der Waals surface area contributed by atoms with Crippen LogP contribution in [0.3, 0.4) is 0 Å². The van der Waals surface area contributed by atoms with E-state index in [0.717, 1.165) is 22.3 Å². The number of benzene rings is 2. The number of fused-ring (bicyclic) bond motifs is 1. The predicted molar refractivity (Wildman–Crippen MR) is 120 cm³/mol. The quantitative estimate of drug-likeness (QED) is 0.406. The van der Waals surface area contributed by atoms with Crippen LogP contribution in [0, 0.1) is 0 Å². The van der Waals surface area contributed by atoms with Crippen molar-refractivity contribution in [2.45, 2.75) is 19.6 Å². The maximum absolute atomic E-state index is 6.42. The fraction of sp³-hybridized carbons (Fsp3) is 0.190. The van der Waals surface area contributed by atoms with Crippen LogP contribution in [-0.2, 0) is 6.61 Å². The molecule has 3 N–H and O–H groups in total. The summed E-state index contributed by atoms with van der Waals surface area (Å²) in [5.41, 5.74) is 10.00. The van der Waals surface area contributed by atoms with E-state index < -0.39 is 0 Å². The molecule has 0 saturated heterocycles. The van der Waals surface area contributed by atoms with Gasteiger partial charge in [0.1, 0.15) is 36.9 Å². The van der Waals surface area contributed by atoms with E-state index >= 15 is 0 Å². The molecule has 2 aromatic heterocycles. The standard InChI is InChI=1S/C21H20ClN5O2S/c1-13(23)8-28-19-4-2-3-17-20(19)21(25-11-24-17)27-14-5-6-18(16(22)7-14)29-9-15-10-30-12-26-15/h2-7,10-13H,8-9,23H2,1H3,(H,24,25,27)/t13-/m1/s1. The predicted octanol–water partition coefficient (Wildman–Crippen LogP) is 4.79. The summed E-state index contributed by atoms with van der Waals surface area (Å²) >= 11 is 7.94. The van der Waals surface area contributed by atoms with Gasteiger partial charge >= 0.3 is 0 Å². The molecule has 0 aliphatic heterocycles. The zero-order valence-corrected chi connectivity index (χ0v) is 17.8. The van der Waals surface area contributed by atoms with E-state index in [1.54, 1.807) is 11.6 Å². The van der Waals surface area contributed by atoms with Gasteiger partial charge in [-0.2, -0.15) is 0 Å². The average Bonchev–Trinajstić information content (AvgIpc) is 3.25. The number of ether oxygens (including phenoxy) is 2. The number of anilines is 2. The summed E-state index contributed by atoms with van der Waals surface area (Å²) in [4.78, 5) is 12.9. The highest BCUT2D eigenvalue weighted by molar-refractivity contribution is 7.07. The van der Waals surface area contributed by atoms with Crippen LogP contribution in [0.25, 0.3) is 10.9 Å². The van der Waals surface area contributed by atoms with Gasteiger partial charge < -0.3 is 20.5 Å². The maximum atomic E-state index is 6.42. The van der Waals surface area contributed by atoms with Crippen LogP contribution in [-0.4, -0.2) is 27.6 Å². The van der Waals surface area contributed by atoms with E-state index in [-0.39, 0.29) is 6.04 Å². The number of thiazole rings is 1. The van der Waals surface area contributed by atoms with E-state index in [4.69, 9.17) is 26.8 Å². The van der Waals surface area contributed by atoms with Crippen molar-refractivity contribution in [3.05, 3.63) is 64.3 Å². The number of nitrogens with zero attached hydrogens (tertiary/aromatic N) is 3. The molecule has 30 heavy (non-hydrogen) atoms. The number of rotatable bonds is 8. The first-order chi connectivity index (χ1) is 14.6. The highest BCUT2D eigenvalue weighted by Gasteiger charge is 2.12. The molecule has 0 radical (unpaired) electrons. The molecule has 0 fully saturated rings. The van der Waals surface area contributed by atoms with Crippen LogP contribution in [0.1, 0.15) is 12.6 Å². The molecular formula is C21H20ClN5O2S. The van der Waals surface area contributed by atoms with Crippen LogP contribution >= 0.6 is 22.9 Å². The minimum absolute atomic E-state index is 0.0862. The average molecular weight is 442 g/mol. The fourth-order valence-electron chi connectivity index (χ4n) is 2.81. The molecule has 9 heteroatoms. The first-order valence-corrected chi connectivity index (χ1v) is 10.6. The second-order valence-electron chi connectivity index (χ2n) is 6.70. The van der Waals surface area contributed by atoms with E-state index in [9.17, 15) is 0 Å². The molecule has 7 nitrogen and oxygen atoms in total. The molecule has 0 bridgehead atoms. The Morgan fingerprint density at radius 2 is 2.03 bits per heavy atom. The van der Waals surface area contributed by atoms with E-state index in [0.29, 0.717) is 35.6 Å². The third-order valence-electron chi connectivity index (χ3n) is 4.18. The molecule has 0 aliphatic rings. The van der Waals surface area contributed by atoms with Crippen LogP contribution < -0.4 is 20.5 Å². The van der Waals surface area contributed by atoms with Gasteiger partial charge in [0.05, 0.1) is 27.1 Å². The van der Waals surface area contributed by atoms with Gasteiger partial charge in [0.15, 0.2) is 0 Å². The van der Waals surface area contributed by atoms with Crippen LogP contribution in [0.5, 0.6) is 11.5 Å². The lowest BCUT2D eigenvalue weighted by atomic mass is 10.2. The molecule has 0 unspecified atom stereocenters. The van der Waals surface area contributed by atoms with Gasteiger partial charge in [-0.3, -0.25) is 0 Å². The summed E-state index contributed by atoms with van der Waals surface area (Å²) in [6.07, 6.45) is 1.51. The summed E-state index contributed by atoms with van der Waals surface area (Å²) in [6, 6.07) is 11.1. The summed E-state index contributed by atoms with van der Waals surface area (Å²) in [6.45, 7) is 2.65. The van der Waals surface area contributed by atoms with Crippen molar-refractivity contribution in [2.24, 2.45) is 5.73 Å². The maximum Gasteiger partial charge on any atom is 0.145 e. The minimum Gasteiger partial charge on any atom is -0.491 e. The van der Waals surface area contributed by atoms with Crippen molar-refractivity contribution in [3.63, 3.8) is 0 Å². The molecule has 0 spiro atoms. The number of halogens is 1. The molecule has 2 aromatic carbocycles. The Morgan fingerprint density at radius 1 is 1.13 bits per heavy atom. The molecule has 4 aromatic rings. The van der Waals surface area contributed by atoms with Crippen molar-refractivity contribution in [3.8, 4) is 11.5 Å². The summed E-state index contributed by atoms with van der Waals surface area (Å²) in [7, 11) is 0. The molecule has 0 aliphatic carbocycles. The van der Waals surface area contributed by atoms with E-state index in [2.05, 4.69) is 20.3 Å². The fourth-order valence-corrected chi connectivity index (χ4v) is 3.59. The van der Waals surface area contributed by atoms with Crippen LogP contribution in [0.4, 0.5) is 11.5 Å². The Kier molecular flexibility index (Phi) is 6.27. The normalized spacial score (nSPS) is 12.0. The smallest absolute Gasteiger partial charge is 0.145 e. The Hall–Kier alpha value is -2.94. The van der Waals surface area contributed by atoms with Crippen LogP contribution in [0.15, 0.2) is 53.6 Å². The second-order valence-corrected chi connectivity index (χ2v) is 7.83. The number of hydrogen-bond acceptors (Lipinski definition) is 8. The molecule has 1 atom stereocenters. The van der Waals surface area contributed by atoms with Crippen molar-refractivity contribution in [2.75, 3.05) is 11.9 Å². The molecule has 154 valence electrons. The van der Waals surface area contributed by atoms with Gasteiger partial charge in [0.25, 0.3) is 0 Å². The Labute approximate surface area is 182 Å². The molecule has 4 rings (SSSR count). The minimum atomic E-state index is -0.0862. The number of hydrogen-bond donors (Lipinski definition) is 2. The van der Waals surface area contributed by atoms with Gasteiger partial charge in [-0.25, -0.2) is 15.0 Å². The SMILES string of the molecule is C[C@@H](N)COc1cccc2ncnc(Nc3ccc(OCc4cscn4)c(Cl)c3)c12. The topological polar surface area (TPSA) is 95.2 Å². The third-order valence-corrected chi connectivity index (χ3v) is 5.11. The zero-order valence-electron chi connectivity index (χ0n) is 16.2. The lowest BCUT2D eigenvalue weighted by Crippen LogP contribution is -2.23. The van der Waals surface area contributed by atoms with Crippen molar-refractivity contribution in [1.29, 1.82) is 0 Å². The second kappa shape index (κ2) is 9.25. The molecule has 0 amide bonds. The van der Waals surface area contributed by atoms with Gasteiger partial charge in [-0.15, -0.1) is 11.3 Å². The zero-order chi connectivity index (χ0) is 20.9. The summed E-state index contributed by atoms with van der Waals surface area (Å²) < 4.78 is 11.6. The van der Waals surface area contributed by atoms with Gasteiger partial charge in [-0.1, -0.05) is 17.7 Å². The highest BCUT2D eigenvalue weighted by Crippen LogP contribution is 2.34. The highest BCUT2D eigenvalue weighted by atomic mass is 35.5. The van der Waals surface area contributed by atoms with Crippen LogP contribution in [0.2, 0.25) is 5.02 Å². The van der Waals surface area contributed by atoms with Gasteiger partial charge in [0.2, 0.25) is 0 Å². The third kappa shape index (κ3) is 4.79. The molecular weight excluding hydrogens is 422 g/mol. The number of nitrogens with two attached hydrogens (primary N) is 1. The van der Waals surface area contributed by atoms with Gasteiger partial charge in [0, 0.05) is 17.1 Å². The lowest BCUT2D eigenvalue weighted by molar-refractivity contribution is 0.299. The van der Waals surface area contributed by atoms with Gasteiger partial charge in [-0.05, 0) is 37.3 Å². The lowest BCUT2D eigenvalue weighted by Gasteiger charge is -2.15. The van der Waals surface area contributed by atoms with E-state index in [1.165, 1.54) is 17.7 Å². The Balaban J connectivity index is 1.57. The first-order valence-electron chi connectivity index (χ1n) is 9.28. The monoisotopic (exact) mass is 441 g/mol. The van der Waals surface area contributed by atoms with Crippen molar-refractivity contribution < 1.29 is 9.47 Å². The summed E-state index contributed by atoms with van der Waals surface area (Å²) in [5.74, 6) is 1.87. The number of aromatic nitrogens is 3.